The molecule has 0 saturated carbocycles. The number of hydrogen-bond donors (Lipinski definition) is 1. The third-order valence-corrected chi connectivity index (χ3v) is 2.06. The predicted molar refractivity (Wildman–Crippen MR) is 44.4 cm³/mol. The Morgan fingerprint density at radius 1 is 1.60 bits per heavy atom. The Morgan fingerprint density at radius 3 is 2.40 bits per heavy atom. The lowest BCUT2D eigenvalue weighted by Crippen LogP contribution is -2.27. The van der Waals surface area contributed by atoms with Crippen LogP contribution in [0.3, 0.4) is 0 Å². The zero-order valence-electron chi connectivity index (χ0n) is 7.23. The van der Waals surface area contributed by atoms with Crippen LogP contribution in [0.15, 0.2) is 4.99 Å². The van der Waals surface area contributed by atoms with Crippen LogP contribution in [0, 0.1) is 5.41 Å². The van der Waals surface area contributed by atoms with E-state index in [1.807, 2.05) is 7.05 Å². The standard InChI is InChI=1S/C8H16N2/c1-6-5-8(2,3)7(9-4)10-6/h6H,5H2,1-4H3,(H,9,10). The Hall–Kier alpha value is -0.530. The van der Waals surface area contributed by atoms with Crippen molar-refractivity contribution in [3.05, 3.63) is 0 Å². The van der Waals surface area contributed by atoms with Crippen molar-refractivity contribution in [2.75, 3.05) is 7.05 Å². The summed E-state index contributed by atoms with van der Waals surface area (Å²) in [6.45, 7) is 6.65. The van der Waals surface area contributed by atoms with E-state index < -0.39 is 0 Å². The molecule has 1 rings (SSSR count). The van der Waals surface area contributed by atoms with Crippen molar-refractivity contribution < 1.29 is 0 Å². The Kier molecular flexibility index (Phi) is 1.71. The van der Waals surface area contributed by atoms with E-state index in [9.17, 15) is 0 Å². The molecule has 1 saturated heterocycles. The zero-order chi connectivity index (χ0) is 7.78. The van der Waals surface area contributed by atoms with Crippen LogP contribution < -0.4 is 5.32 Å². The summed E-state index contributed by atoms with van der Waals surface area (Å²) in [5.74, 6) is 1.15. The van der Waals surface area contributed by atoms with Crippen molar-refractivity contribution in [2.24, 2.45) is 10.4 Å². The monoisotopic (exact) mass is 140 g/mol. The summed E-state index contributed by atoms with van der Waals surface area (Å²) >= 11 is 0. The number of rotatable bonds is 0. The Labute approximate surface area is 62.7 Å². The molecule has 0 bridgehead atoms. The molecule has 1 aliphatic rings. The smallest absolute Gasteiger partial charge is 0.102 e. The van der Waals surface area contributed by atoms with E-state index in [1.54, 1.807) is 0 Å². The molecule has 0 aromatic heterocycles. The number of aliphatic imine (C=N–C) groups is 1. The van der Waals surface area contributed by atoms with Crippen molar-refractivity contribution in [3.63, 3.8) is 0 Å². The van der Waals surface area contributed by atoms with Gasteiger partial charge < -0.3 is 5.32 Å². The molecule has 0 aromatic rings. The molecular formula is C8H16N2. The lowest BCUT2D eigenvalue weighted by atomic mass is 9.90. The maximum Gasteiger partial charge on any atom is 0.102 e. The van der Waals surface area contributed by atoms with Crippen LogP contribution in [0.4, 0.5) is 0 Å². The second kappa shape index (κ2) is 2.26. The minimum Gasteiger partial charge on any atom is -0.371 e. The highest BCUT2D eigenvalue weighted by atomic mass is 15.1. The number of nitrogens with zero attached hydrogens (tertiary/aromatic N) is 1. The molecule has 0 radical (unpaired) electrons. The molecule has 58 valence electrons. The molecule has 1 N–H and O–H groups in total. The van der Waals surface area contributed by atoms with Gasteiger partial charge in [0.1, 0.15) is 5.84 Å². The molecule has 2 nitrogen and oxygen atoms in total. The van der Waals surface area contributed by atoms with Crippen molar-refractivity contribution in [2.45, 2.75) is 33.2 Å². The van der Waals surface area contributed by atoms with Crippen LogP contribution in [0.25, 0.3) is 0 Å². The molecule has 1 aliphatic heterocycles. The minimum atomic E-state index is 0.272. The van der Waals surface area contributed by atoms with Gasteiger partial charge in [0, 0.05) is 18.5 Å². The van der Waals surface area contributed by atoms with E-state index in [0.29, 0.717) is 6.04 Å². The summed E-state index contributed by atoms with van der Waals surface area (Å²) in [5, 5.41) is 3.34. The van der Waals surface area contributed by atoms with Crippen molar-refractivity contribution in [1.29, 1.82) is 0 Å². The molecular weight excluding hydrogens is 124 g/mol. The molecule has 0 spiro atoms. The lowest BCUT2D eigenvalue weighted by Gasteiger charge is -2.15. The first-order chi connectivity index (χ1) is 4.56. The van der Waals surface area contributed by atoms with Crippen molar-refractivity contribution in [3.8, 4) is 0 Å². The molecule has 1 fully saturated rings. The fraction of sp³-hybridized carbons (Fsp3) is 0.875. The summed E-state index contributed by atoms with van der Waals surface area (Å²) in [6, 6.07) is 0.591. The van der Waals surface area contributed by atoms with Gasteiger partial charge in [0.15, 0.2) is 0 Å². The molecule has 0 amide bonds. The van der Waals surface area contributed by atoms with Crippen molar-refractivity contribution in [1.82, 2.24) is 5.32 Å². The molecule has 10 heavy (non-hydrogen) atoms. The normalized spacial score (nSPS) is 34.4. The summed E-state index contributed by atoms with van der Waals surface area (Å²) in [4.78, 5) is 4.20. The highest BCUT2D eigenvalue weighted by molar-refractivity contribution is 5.89. The third kappa shape index (κ3) is 1.15. The van der Waals surface area contributed by atoms with Gasteiger partial charge in [0.25, 0.3) is 0 Å². The van der Waals surface area contributed by atoms with E-state index in [0.717, 1.165) is 5.84 Å². The summed E-state index contributed by atoms with van der Waals surface area (Å²) in [7, 11) is 1.85. The largest absolute Gasteiger partial charge is 0.371 e. The van der Waals surface area contributed by atoms with Crippen LogP contribution in [-0.4, -0.2) is 18.9 Å². The van der Waals surface area contributed by atoms with E-state index >= 15 is 0 Å². The van der Waals surface area contributed by atoms with Crippen LogP contribution in [0.2, 0.25) is 0 Å². The second-order valence-electron chi connectivity index (χ2n) is 3.71. The number of hydrogen-bond acceptors (Lipinski definition) is 1. The fourth-order valence-electron chi connectivity index (χ4n) is 1.71. The fourth-order valence-corrected chi connectivity index (χ4v) is 1.71. The average Bonchev–Trinajstić information content (AvgIpc) is 2.04. The highest BCUT2D eigenvalue weighted by Gasteiger charge is 2.33. The summed E-state index contributed by atoms with van der Waals surface area (Å²) < 4.78 is 0. The topological polar surface area (TPSA) is 24.4 Å². The van der Waals surface area contributed by atoms with Crippen molar-refractivity contribution >= 4 is 5.84 Å². The zero-order valence-corrected chi connectivity index (χ0v) is 7.23. The van der Waals surface area contributed by atoms with Gasteiger partial charge in [-0.25, -0.2) is 0 Å². The maximum atomic E-state index is 4.20. The van der Waals surface area contributed by atoms with Crippen LogP contribution in [0.1, 0.15) is 27.2 Å². The van der Waals surface area contributed by atoms with Gasteiger partial charge >= 0.3 is 0 Å². The molecule has 1 unspecified atom stereocenters. The Bertz CT molecular complexity index is 159. The van der Waals surface area contributed by atoms with E-state index in [4.69, 9.17) is 0 Å². The van der Waals surface area contributed by atoms with E-state index in [-0.39, 0.29) is 5.41 Å². The molecule has 0 aliphatic carbocycles. The average molecular weight is 140 g/mol. The van der Waals surface area contributed by atoms with E-state index in [2.05, 4.69) is 31.1 Å². The molecule has 0 aromatic carbocycles. The van der Waals surface area contributed by atoms with Crippen LogP contribution in [-0.2, 0) is 0 Å². The first-order valence-corrected chi connectivity index (χ1v) is 3.80. The number of nitrogens with one attached hydrogen (secondary N) is 1. The van der Waals surface area contributed by atoms with Gasteiger partial charge in [0.05, 0.1) is 0 Å². The Morgan fingerprint density at radius 2 is 2.20 bits per heavy atom. The molecule has 2 heteroatoms. The number of amidine groups is 1. The van der Waals surface area contributed by atoms with E-state index in [1.165, 1.54) is 6.42 Å². The van der Waals surface area contributed by atoms with Crippen LogP contribution >= 0.6 is 0 Å². The quantitative estimate of drug-likeness (QED) is 0.540. The Balaban J connectivity index is 2.78. The van der Waals surface area contributed by atoms with Gasteiger partial charge in [-0.2, -0.15) is 0 Å². The first-order valence-electron chi connectivity index (χ1n) is 3.80. The van der Waals surface area contributed by atoms with Gasteiger partial charge in [-0.3, -0.25) is 4.99 Å². The molecule has 1 atom stereocenters. The van der Waals surface area contributed by atoms with Gasteiger partial charge in [0.2, 0.25) is 0 Å². The first kappa shape index (κ1) is 7.58. The predicted octanol–water partition coefficient (Wildman–Crippen LogP) is 1.42. The van der Waals surface area contributed by atoms with Crippen LogP contribution in [0.5, 0.6) is 0 Å². The molecule has 1 heterocycles. The van der Waals surface area contributed by atoms with Gasteiger partial charge in [-0.1, -0.05) is 13.8 Å². The second-order valence-corrected chi connectivity index (χ2v) is 3.71. The lowest BCUT2D eigenvalue weighted by molar-refractivity contribution is 0.482. The van der Waals surface area contributed by atoms with Gasteiger partial charge in [-0.05, 0) is 13.3 Å². The minimum absolute atomic E-state index is 0.272. The maximum absolute atomic E-state index is 4.20. The third-order valence-electron chi connectivity index (χ3n) is 2.06. The summed E-state index contributed by atoms with van der Waals surface area (Å²) in [5.41, 5.74) is 0.272. The SMILES string of the molecule is CN=C1NC(C)CC1(C)C. The highest BCUT2D eigenvalue weighted by Crippen LogP contribution is 2.28. The van der Waals surface area contributed by atoms with Gasteiger partial charge in [-0.15, -0.1) is 0 Å². The summed E-state index contributed by atoms with van der Waals surface area (Å²) in [6.07, 6.45) is 1.19.